The molecule has 0 radical (unpaired) electrons. The number of benzene rings is 2. The Hall–Kier alpha value is -2.25. The van der Waals surface area contributed by atoms with Gasteiger partial charge in [-0.05, 0) is 17.5 Å². The number of nitrogens with zero attached hydrogens (tertiary/aromatic N) is 1. The lowest BCUT2D eigenvalue weighted by Crippen LogP contribution is -2.39. The van der Waals surface area contributed by atoms with E-state index in [-0.39, 0.29) is 16.2 Å². The molecule has 2 aromatic carbocycles. The summed E-state index contributed by atoms with van der Waals surface area (Å²) in [6, 6.07) is 9.90. The molecule has 0 saturated carbocycles. The molecule has 7 heteroatoms. The summed E-state index contributed by atoms with van der Waals surface area (Å²) < 4.78 is 25.5. The van der Waals surface area contributed by atoms with Crippen molar-refractivity contribution in [3.05, 3.63) is 47.5 Å². The molecule has 0 bridgehead atoms. The van der Waals surface area contributed by atoms with Crippen LogP contribution in [0.1, 0.15) is 20.7 Å². The van der Waals surface area contributed by atoms with E-state index in [9.17, 15) is 18.0 Å². The molecule has 96 valence electrons. The van der Waals surface area contributed by atoms with E-state index in [1.54, 1.807) is 24.3 Å². The van der Waals surface area contributed by atoms with Crippen LogP contribution >= 0.6 is 0 Å². The number of thiol groups is 1. The number of hydrogen-bond acceptors (Lipinski definition) is 5. The fourth-order valence-corrected chi connectivity index (χ4v) is 2.43. The number of amides is 2. The minimum atomic E-state index is -3.34. The van der Waals surface area contributed by atoms with Gasteiger partial charge in [0.05, 0.1) is 11.1 Å². The number of carbonyl (C=O) groups excluding carboxylic acids is 2. The summed E-state index contributed by atoms with van der Waals surface area (Å²) in [5, 5.41) is 1.52. The van der Waals surface area contributed by atoms with Crippen molar-refractivity contribution in [3.8, 4) is 0 Å². The van der Waals surface area contributed by atoms with Crippen LogP contribution in [-0.2, 0) is 15.3 Å². The van der Waals surface area contributed by atoms with Crippen LogP contribution < -0.4 is 0 Å². The number of imide groups is 1. The minimum Gasteiger partial charge on any atom is -0.266 e. The third-order valence-corrected chi connectivity index (χ3v) is 3.18. The summed E-state index contributed by atoms with van der Waals surface area (Å²) in [5.74, 6) is -1.57. The van der Waals surface area contributed by atoms with Gasteiger partial charge in [0.25, 0.3) is 22.8 Å². The van der Waals surface area contributed by atoms with Crippen molar-refractivity contribution < 1.29 is 22.3 Å². The van der Waals surface area contributed by atoms with E-state index in [0.717, 1.165) is 5.39 Å². The number of hydroxylamine groups is 2. The molecular formula is C12H7NO5S. The van der Waals surface area contributed by atoms with Gasteiger partial charge in [-0.25, -0.2) is 8.42 Å². The first-order valence-corrected chi connectivity index (χ1v) is 6.42. The van der Waals surface area contributed by atoms with Crippen LogP contribution in [0.4, 0.5) is 0 Å². The van der Waals surface area contributed by atoms with Crippen LogP contribution in [0.15, 0.2) is 36.4 Å². The molecule has 0 atom stereocenters. The second-order valence-electron chi connectivity index (χ2n) is 3.92. The zero-order chi connectivity index (χ0) is 13.6. The van der Waals surface area contributed by atoms with Gasteiger partial charge in [0.1, 0.15) is 0 Å². The number of hydrogen-bond donors (Lipinski definition) is 1. The van der Waals surface area contributed by atoms with Crippen LogP contribution in [0, 0.1) is 0 Å². The summed E-state index contributed by atoms with van der Waals surface area (Å²) in [4.78, 5) is 24.1. The molecule has 19 heavy (non-hydrogen) atoms. The third kappa shape index (κ3) is 1.71. The monoisotopic (exact) mass is 277 g/mol. The maximum Gasteiger partial charge on any atom is 0.286 e. The van der Waals surface area contributed by atoms with Crippen LogP contribution in [-0.4, -0.2) is 25.3 Å². The molecule has 1 heterocycles. The van der Waals surface area contributed by atoms with Gasteiger partial charge in [-0.3, -0.25) is 9.59 Å². The van der Waals surface area contributed by atoms with E-state index in [1.807, 2.05) is 0 Å². The van der Waals surface area contributed by atoms with Crippen molar-refractivity contribution in [3.63, 3.8) is 0 Å². The van der Waals surface area contributed by atoms with E-state index >= 15 is 0 Å². The first-order valence-electron chi connectivity index (χ1n) is 5.32. The molecule has 0 fully saturated rings. The van der Waals surface area contributed by atoms with Gasteiger partial charge >= 0.3 is 0 Å². The van der Waals surface area contributed by atoms with Crippen molar-refractivity contribution in [2.75, 3.05) is 0 Å². The quantitative estimate of drug-likeness (QED) is 0.651. The largest absolute Gasteiger partial charge is 0.286 e. The first-order chi connectivity index (χ1) is 9.09. The molecule has 6 nitrogen and oxygen atoms in total. The highest BCUT2D eigenvalue weighted by molar-refractivity contribution is 7.67. The molecule has 2 amide bonds. The van der Waals surface area contributed by atoms with Gasteiger partial charge in [0, 0.05) is 5.39 Å². The first kappa shape index (κ1) is 11.8. The van der Waals surface area contributed by atoms with E-state index in [0.29, 0.717) is 5.39 Å². The van der Waals surface area contributed by atoms with Crippen molar-refractivity contribution in [2.24, 2.45) is 0 Å². The van der Waals surface area contributed by atoms with Crippen molar-refractivity contribution >= 4 is 33.6 Å². The fourth-order valence-electron chi connectivity index (χ4n) is 2.15. The van der Waals surface area contributed by atoms with E-state index in [4.69, 9.17) is 0 Å². The van der Waals surface area contributed by atoms with Crippen LogP contribution in [0.25, 0.3) is 10.8 Å². The molecule has 0 unspecified atom stereocenters. The smallest absolute Gasteiger partial charge is 0.266 e. The van der Waals surface area contributed by atoms with Crippen molar-refractivity contribution in [1.82, 2.24) is 5.06 Å². The van der Waals surface area contributed by atoms with Gasteiger partial charge in [-0.15, -0.1) is 9.35 Å². The highest BCUT2D eigenvalue weighted by atomic mass is 32.2. The second-order valence-corrected chi connectivity index (χ2v) is 4.53. The van der Waals surface area contributed by atoms with Gasteiger partial charge in [0.15, 0.2) is 0 Å². The molecule has 0 aliphatic carbocycles. The molecule has 2 aromatic rings. The molecular weight excluding hydrogens is 270 g/mol. The Labute approximate surface area is 109 Å². The van der Waals surface area contributed by atoms with Crippen LogP contribution in [0.2, 0.25) is 0 Å². The number of rotatable bonds is 2. The summed E-state index contributed by atoms with van der Waals surface area (Å²) in [6.45, 7) is 0. The molecule has 0 spiro atoms. The Bertz CT molecular complexity index is 737. The fraction of sp³-hybridized carbons (Fsp3) is 0. The minimum absolute atomic E-state index is 0.240. The molecule has 1 aliphatic rings. The van der Waals surface area contributed by atoms with Crippen LogP contribution in [0.3, 0.4) is 0 Å². The highest BCUT2D eigenvalue weighted by Crippen LogP contribution is 2.29. The molecule has 0 saturated heterocycles. The van der Waals surface area contributed by atoms with Crippen molar-refractivity contribution in [1.29, 1.82) is 0 Å². The summed E-state index contributed by atoms with van der Waals surface area (Å²) in [7, 11) is -3.34. The molecule has 0 N–H and O–H groups in total. The molecule has 1 aliphatic heterocycles. The molecule has 3 rings (SSSR count). The maximum absolute atomic E-state index is 12.1. The summed E-state index contributed by atoms with van der Waals surface area (Å²) >= 11 is 0. The predicted octanol–water partition coefficient (Wildman–Crippen LogP) is 0.894. The Kier molecular flexibility index (Phi) is 2.58. The lowest BCUT2D eigenvalue weighted by Gasteiger charge is -2.23. The van der Waals surface area contributed by atoms with Gasteiger partial charge in [0.2, 0.25) is 0 Å². The average Bonchev–Trinajstić information content (AvgIpc) is 2.40. The second kappa shape index (κ2) is 4.15. The van der Waals surface area contributed by atoms with Gasteiger partial charge < -0.3 is 0 Å². The summed E-state index contributed by atoms with van der Waals surface area (Å²) in [5.41, 5.74) is 0.481. The zero-order valence-electron chi connectivity index (χ0n) is 9.40. The highest BCUT2D eigenvalue weighted by Gasteiger charge is 2.34. The van der Waals surface area contributed by atoms with E-state index < -0.39 is 22.8 Å². The van der Waals surface area contributed by atoms with Crippen LogP contribution in [0.5, 0.6) is 0 Å². The number of carbonyl (C=O) groups is 2. The Morgan fingerprint density at radius 1 is 0.895 bits per heavy atom. The Morgan fingerprint density at radius 3 is 1.89 bits per heavy atom. The molecule has 0 aromatic heterocycles. The predicted molar refractivity (Wildman–Crippen MR) is 65.8 cm³/mol. The average molecular weight is 277 g/mol. The SMILES string of the molecule is O=C1c2cccc3cccc(c23)C(=O)N1O[SH](=O)=O. The normalized spacial score (nSPS) is 14.5. The lowest BCUT2D eigenvalue weighted by atomic mass is 9.95. The van der Waals surface area contributed by atoms with Crippen molar-refractivity contribution in [2.45, 2.75) is 0 Å². The Morgan fingerprint density at radius 2 is 1.42 bits per heavy atom. The standard InChI is InChI=1S/C12H7NO5S/c14-11-8-5-1-3-7-4-2-6-9(10(7)8)12(15)13(11)18-19(16)17/h1-6,19H. The zero-order valence-corrected chi connectivity index (χ0v) is 10.3. The van der Waals surface area contributed by atoms with Gasteiger partial charge in [-0.2, -0.15) is 0 Å². The summed E-state index contributed by atoms with van der Waals surface area (Å²) in [6.07, 6.45) is 0. The van der Waals surface area contributed by atoms with E-state index in [2.05, 4.69) is 4.28 Å². The van der Waals surface area contributed by atoms with Gasteiger partial charge in [-0.1, -0.05) is 24.3 Å². The topological polar surface area (TPSA) is 80.8 Å². The maximum atomic E-state index is 12.1. The third-order valence-electron chi connectivity index (χ3n) is 2.88. The lowest BCUT2D eigenvalue weighted by molar-refractivity contribution is -0.0127. The van der Waals surface area contributed by atoms with E-state index in [1.165, 1.54) is 12.1 Å². The Balaban J connectivity index is 2.30.